The van der Waals surface area contributed by atoms with Gasteiger partial charge < -0.3 is 20.1 Å². The molecule has 8 nitrogen and oxygen atoms in total. The first-order chi connectivity index (χ1) is 31.9. The SMILES string of the molecule is CCCCCCC/C=C\C/C=C\C/C=C\CCCCCCCCC(=O)OC(COCCCCCCCCCCCCCCCCCCCCCCCCCCC)COP(=O)(O)OCCN. The van der Waals surface area contributed by atoms with Gasteiger partial charge >= 0.3 is 13.8 Å². The van der Waals surface area contributed by atoms with E-state index in [-0.39, 0.29) is 32.3 Å². The summed E-state index contributed by atoms with van der Waals surface area (Å²) in [6, 6.07) is 0. The summed E-state index contributed by atoms with van der Waals surface area (Å²) in [5.74, 6) is -0.337. The first kappa shape index (κ1) is 63.7. The van der Waals surface area contributed by atoms with Crippen molar-refractivity contribution in [3.63, 3.8) is 0 Å². The van der Waals surface area contributed by atoms with Crippen LogP contribution < -0.4 is 5.73 Å². The summed E-state index contributed by atoms with van der Waals surface area (Å²) in [6.45, 7) is 4.95. The molecule has 0 aromatic carbocycles. The third-order valence-corrected chi connectivity index (χ3v) is 13.3. The number of carbonyl (C=O) groups is 1. The van der Waals surface area contributed by atoms with E-state index in [0.29, 0.717) is 13.0 Å². The molecule has 0 radical (unpaired) electrons. The summed E-state index contributed by atoms with van der Waals surface area (Å²) >= 11 is 0. The lowest BCUT2D eigenvalue weighted by Crippen LogP contribution is -2.28. The molecule has 0 spiro atoms. The minimum atomic E-state index is -4.29. The lowest BCUT2D eigenvalue weighted by atomic mass is 10.0. The van der Waals surface area contributed by atoms with E-state index in [1.165, 1.54) is 199 Å². The maximum absolute atomic E-state index is 12.7. The minimum absolute atomic E-state index is 0.0970. The van der Waals surface area contributed by atoms with Crippen LogP contribution in [-0.4, -0.2) is 49.9 Å². The number of unbranched alkanes of at least 4 members (excludes halogenated alkanes) is 35. The van der Waals surface area contributed by atoms with Gasteiger partial charge in [-0.15, -0.1) is 0 Å². The predicted octanol–water partition coefficient (Wildman–Crippen LogP) is 17.7. The number of hydrogen-bond donors (Lipinski definition) is 2. The Kier molecular flexibility index (Phi) is 52.6. The number of carbonyl (C=O) groups excluding carboxylic acids is 1. The number of esters is 1. The lowest BCUT2D eigenvalue weighted by Gasteiger charge is -2.20. The molecule has 0 fully saturated rings. The van der Waals surface area contributed by atoms with Crippen LogP contribution in [0.25, 0.3) is 0 Å². The van der Waals surface area contributed by atoms with E-state index in [1.807, 2.05) is 0 Å². The molecule has 65 heavy (non-hydrogen) atoms. The Morgan fingerprint density at radius 2 is 0.815 bits per heavy atom. The van der Waals surface area contributed by atoms with E-state index in [9.17, 15) is 14.3 Å². The number of phosphoric ester groups is 1. The van der Waals surface area contributed by atoms with E-state index in [4.69, 9.17) is 24.3 Å². The fraction of sp³-hybridized carbons (Fsp3) is 0.875. The highest BCUT2D eigenvalue weighted by atomic mass is 31.2. The van der Waals surface area contributed by atoms with Gasteiger partial charge in [0.25, 0.3) is 0 Å². The van der Waals surface area contributed by atoms with Crippen LogP contribution in [0.5, 0.6) is 0 Å². The van der Waals surface area contributed by atoms with Gasteiger partial charge in [0, 0.05) is 19.6 Å². The molecule has 2 unspecified atom stereocenters. The molecule has 0 aliphatic heterocycles. The number of ether oxygens (including phenoxy) is 2. The van der Waals surface area contributed by atoms with Gasteiger partial charge in [-0.25, -0.2) is 4.57 Å². The van der Waals surface area contributed by atoms with Gasteiger partial charge in [0.05, 0.1) is 19.8 Å². The molecule has 0 heterocycles. The van der Waals surface area contributed by atoms with E-state index < -0.39 is 13.9 Å². The van der Waals surface area contributed by atoms with Crippen molar-refractivity contribution in [2.24, 2.45) is 5.73 Å². The zero-order valence-corrected chi connectivity index (χ0v) is 43.9. The molecule has 0 rings (SSSR count). The van der Waals surface area contributed by atoms with Crippen molar-refractivity contribution < 1.29 is 32.8 Å². The van der Waals surface area contributed by atoms with Crippen molar-refractivity contribution in [1.29, 1.82) is 0 Å². The molecular formula is C56H108NO7P. The van der Waals surface area contributed by atoms with Gasteiger partial charge in [-0.3, -0.25) is 13.8 Å². The summed E-state index contributed by atoms with van der Waals surface area (Å²) < 4.78 is 33.7. The molecule has 0 aliphatic rings. The van der Waals surface area contributed by atoms with Gasteiger partial charge in [-0.2, -0.15) is 0 Å². The number of allylic oxidation sites excluding steroid dienone is 6. The molecule has 0 aliphatic carbocycles. The Balaban J connectivity index is 3.89. The second kappa shape index (κ2) is 53.7. The van der Waals surface area contributed by atoms with Crippen LogP contribution in [0.2, 0.25) is 0 Å². The first-order valence-electron chi connectivity index (χ1n) is 28.0. The van der Waals surface area contributed by atoms with Crippen LogP contribution in [0.4, 0.5) is 0 Å². The average molecular weight is 938 g/mol. The highest BCUT2D eigenvalue weighted by molar-refractivity contribution is 7.47. The molecule has 0 bridgehead atoms. The summed E-state index contributed by atoms with van der Waals surface area (Å²) in [4.78, 5) is 22.6. The number of nitrogens with two attached hydrogens (primary N) is 1. The number of hydrogen-bond acceptors (Lipinski definition) is 7. The second-order valence-corrected chi connectivity index (χ2v) is 20.3. The van der Waals surface area contributed by atoms with Crippen molar-refractivity contribution >= 4 is 13.8 Å². The summed E-state index contributed by atoms with van der Waals surface area (Å²) in [7, 11) is -4.29. The Bertz CT molecular complexity index is 1100. The van der Waals surface area contributed by atoms with Crippen LogP contribution in [0.1, 0.15) is 277 Å². The second-order valence-electron chi connectivity index (χ2n) is 18.8. The third-order valence-electron chi connectivity index (χ3n) is 12.3. The largest absolute Gasteiger partial charge is 0.472 e. The fourth-order valence-electron chi connectivity index (χ4n) is 8.18. The lowest BCUT2D eigenvalue weighted by molar-refractivity contribution is -0.154. The molecular weight excluding hydrogens is 830 g/mol. The molecule has 0 saturated carbocycles. The standard InChI is InChI=1S/C56H108NO7P/c1-3-5-7-9-11-13-15-17-19-21-23-25-26-27-28-30-32-34-36-38-40-42-44-46-48-51-61-53-55(54-63-65(59,60)62-52-50-57)64-56(58)49-47-45-43-41-39-37-35-33-31-29-24-22-20-18-16-14-12-10-8-6-4-2/h16,18,22,24,31,33,55H,3-15,17,19-21,23,25-30,32,34-54,57H2,1-2H3,(H,59,60)/b18-16-,24-22-,33-31-. The summed E-state index contributed by atoms with van der Waals surface area (Å²) in [5.41, 5.74) is 5.40. The van der Waals surface area contributed by atoms with Crippen molar-refractivity contribution in [3.8, 4) is 0 Å². The Morgan fingerprint density at radius 3 is 1.22 bits per heavy atom. The van der Waals surface area contributed by atoms with Crippen LogP contribution >= 0.6 is 7.82 Å². The average Bonchev–Trinajstić information content (AvgIpc) is 3.30. The first-order valence-corrected chi connectivity index (χ1v) is 29.5. The number of rotatable bonds is 54. The summed E-state index contributed by atoms with van der Waals surface area (Å²) in [6.07, 6.45) is 64.8. The van der Waals surface area contributed by atoms with Crippen molar-refractivity contribution in [3.05, 3.63) is 36.5 Å². The van der Waals surface area contributed by atoms with Crippen molar-refractivity contribution in [2.75, 3.05) is 33.0 Å². The zero-order chi connectivity index (χ0) is 47.3. The van der Waals surface area contributed by atoms with Crippen molar-refractivity contribution in [1.82, 2.24) is 0 Å². The smallest absolute Gasteiger partial charge is 0.457 e. The molecule has 384 valence electrons. The zero-order valence-electron chi connectivity index (χ0n) is 43.0. The van der Waals surface area contributed by atoms with E-state index >= 15 is 0 Å². The van der Waals surface area contributed by atoms with Gasteiger partial charge in [0.15, 0.2) is 0 Å². The van der Waals surface area contributed by atoms with Gasteiger partial charge in [0.2, 0.25) is 0 Å². The van der Waals surface area contributed by atoms with Crippen LogP contribution in [-0.2, 0) is 27.9 Å². The molecule has 0 amide bonds. The van der Waals surface area contributed by atoms with Gasteiger partial charge in [-0.05, 0) is 51.4 Å². The number of phosphoric acid groups is 1. The molecule has 2 atom stereocenters. The van der Waals surface area contributed by atoms with Gasteiger partial charge in [-0.1, -0.05) is 256 Å². The van der Waals surface area contributed by atoms with Crippen LogP contribution in [0, 0.1) is 0 Å². The fourth-order valence-corrected chi connectivity index (χ4v) is 8.95. The topological polar surface area (TPSA) is 117 Å². The van der Waals surface area contributed by atoms with Crippen LogP contribution in [0.3, 0.4) is 0 Å². The van der Waals surface area contributed by atoms with Crippen LogP contribution in [0.15, 0.2) is 36.5 Å². The third kappa shape index (κ3) is 53.5. The maximum Gasteiger partial charge on any atom is 0.472 e. The molecule has 3 N–H and O–H groups in total. The molecule has 0 aromatic heterocycles. The molecule has 9 heteroatoms. The summed E-state index contributed by atoms with van der Waals surface area (Å²) in [5, 5.41) is 0. The predicted molar refractivity (Wildman–Crippen MR) is 280 cm³/mol. The molecule has 0 saturated heterocycles. The Labute approximate surface area is 403 Å². The van der Waals surface area contributed by atoms with Gasteiger partial charge in [0.1, 0.15) is 6.10 Å². The molecule has 0 aromatic rings. The van der Waals surface area contributed by atoms with E-state index in [2.05, 4.69) is 50.3 Å². The van der Waals surface area contributed by atoms with Crippen molar-refractivity contribution in [2.45, 2.75) is 283 Å². The highest BCUT2D eigenvalue weighted by Crippen LogP contribution is 2.43. The Morgan fingerprint density at radius 1 is 0.462 bits per heavy atom. The monoisotopic (exact) mass is 938 g/mol. The Hall–Kier alpha value is -1.28. The highest BCUT2D eigenvalue weighted by Gasteiger charge is 2.25. The maximum atomic E-state index is 12.7. The normalized spacial score (nSPS) is 13.5. The minimum Gasteiger partial charge on any atom is -0.457 e. The quantitative estimate of drug-likeness (QED) is 0.0268. The van der Waals surface area contributed by atoms with E-state index in [0.717, 1.165) is 57.8 Å². The van der Waals surface area contributed by atoms with E-state index in [1.54, 1.807) is 0 Å².